The molecule has 0 radical (unpaired) electrons. The minimum absolute atomic E-state index is 0.211. The Morgan fingerprint density at radius 1 is 0.800 bits per heavy atom. The Bertz CT molecular complexity index is 1030. The fourth-order valence-electron chi connectivity index (χ4n) is 2.77. The van der Waals surface area contributed by atoms with Crippen LogP contribution in [0.3, 0.4) is 0 Å². The second kappa shape index (κ2) is 6.17. The molecule has 0 unspecified atom stereocenters. The lowest BCUT2D eigenvalue weighted by Crippen LogP contribution is -1.93. The van der Waals surface area contributed by atoms with E-state index in [9.17, 15) is 5.11 Å². The van der Waals surface area contributed by atoms with Crippen LogP contribution in [-0.4, -0.2) is 10.1 Å². The maximum atomic E-state index is 9.31. The van der Waals surface area contributed by atoms with E-state index in [-0.39, 0.29) is 5.75 Å². The number of fused-ring (bicyclic) bond motifs is 1. The van der Waals surface area contributed by atoms with Gasteiger partial charge in [0.25, 0.3) is 0 Å². The first-order chi connectivity index (χ1) is 12.2. The summed E-state index contributed by atoms with van der Waals surface area (Å²) >= 11 is 0. The van der Waals surface area contributed by atoms with Crippen LogP contribution >= 0.6 is 0 Å². The van der Waals surface area contributed by atoms with Crippen LogP contribution < -0.4 is 10.5 Å². The lowest BCUT2D eigenvalue weighted by molar-refractivity contribution is 0.464. The number of aromatic hydroxyl groups is 1. The molecular weight excluding hydrogens is 312 g/mol. The van der Waals surface area contributed by atoms with E-state index >= 15 is 0 Å². The molecule has 0 bridgehead atoms. The van der Waals surface area contributed by atoms with Gasteiger partial charge in [0.1, 0.15) is 17.2 Å². The SMILES string of the molecule is Nc1c(-c2ccc(Oc3ccc(O)cc3)cc2)ccc2cccnc12. The average molecular weight is 328 g/mol. The Morgan fingerprint density at radius 3 is 2.20 bits per heavy atom. The first kappa shape index (κ1) is 15.0. The van der Waals surface area contributed by atoms with Crippen molar-refractivity contribution in [3.05, 3.63) is 79.0 Å². The minimum atomic E-state index is 0.211. The Balaban J connectivity index is 1.64. The Labute approximate surface area is 145 Å². The van der Waals surface area contributed by atoms with E-state index in [4.69, 9.17) is 10.5 Å². The summed E-state index contributed by atoms with van der Waals surface area (Å²) in [6, 6.07) is 22.3. The molecular formula is C21H16N2O2. The van der Waals surface area contributed by atoms with Gasteiger partial charge in [-0.1, -0.05) is 30.3 Å². The van der Waals surface area contributed by atoms with Crippen LogP contribution in [0.2, 0.25) is 0 Å². The number of hydrogen-bond acceptors (Lipinski definition) is 4. The molecule has 0 saturated heterocycles. The molecule has 0 atom stereocenters. The molecule has 1 heterocycles. The zero-order valence-electron chi connectivity index (χ0n) is 13.4. The summed E-state index contributed by atoms with van der Waals surface area (Å²) < 4.78 is 5.77. The van der Waals surface area contributed by atoms with Gasteiger partial charge in [-0.05, 0) is 48.0 Å². The van der Waals surface area contributed by atoms with Crippen LogP contribution in [0.15, 0.2) is 79.0 Å². The number of nitrogens with two attached hydrogens (primary N) is 1. The van der Waals surface area contributed by atoms with Gasteiger partial charge >= 0.3 is 0 Å². The smallest absolute Gasteiger partial charge is 0.127 e. The maximum Gasteiger partial charge on any atom is 0.127 e. The molecule has 3 aromatic carbocycles. The number of pyridine rings is 1. The Morgan fingerprint density at radius 2 is 1.48 bits per heavy atom. The van der Waals surface area contributed by atoms with Crippen LogP contribution in [0.25, 0.3) is 22.0 Å². The van der Waals surface area contributed by atoms with Gasteiger partial charge in [-0.2, -0.15) is 0 Å². The second-order valence-electron chi connectivity index (χ2n) is 5.72. The first-order valence-corrected chi connectivity index (χ1v) is 7.91. The molecule has 0 aliphatic rings. The topological polar surface area (TPSA) is 68.4 Å². The third-order valence-electron chi connectivity index (χ3n) is 4.05. The summed E-state index contributed by atoms with van der Waals surface area (Å²) in [7, 11) is 0. The van der Waals surface area contributed by atoms with Crippen molar-refractivity contribution >= 4 is 16.6 Å². The largest absolute Gasteiger partial charge is 0.508 e. The summed E-state index contributed by atoms with van der Waals surface area (Å²) in [4.78, 5) is 4.38. The van der Waals surface area contributed by atoms with Crippen molar-refractivity contribution in [1.82, 2.24) is 4.98 Å². The second-order valence-corrected chi connectivity index (χ2v) is 5.72. The first-order valence-electron chi connectivity index (χ1n) is 7.91. The molecule has 25 heavy (non-hydrogen) atoms. The zero-order valence-corrected chi connectivity index (χ0v) is 13.4. The molecule has 0 aliphatic heterocycles. The van der Waals surface area contributed by atoms with Crippen molar-refractivity contribution in [2.75, 3.05) is 5.73 Å². The Hall–Kier alpha value is -3.53. The predicted molar refractivity (Wildman–Crippen MR) is 99.8 cm³/mol. The predicted octanol–water partition coefficient (Wildman–Crippen LogP) is 4.98. The number of phenols is 1. The van der Waals surface area contributed by atoms with Gasteiger partial charge < -0.3 is 15.6 Å². The number of anilines is 1. The van der Waals surface area contributed by atoms with Crippen LogP contribution in [-0.2, 0) is 0 Å². The number of nitrogen functional groups attached to an aromatic ring is 1. The van der Waals surface area contributed by atoms with E-state index in [0.717, 1.165) is 22.0 Å². The van der Waals surface area contributed by atoms with Gasteiger partial charge in [0.2, 0.25) is 0 Å². The number of phenolic OH excluding ortho intramolecular Hbond substituents is 1. The number of hydrogen-bond donors (Lipinski definition) is 2. The number of benzene rings is 3. The summed E-state index contributed by atoms with van der Waals surface area (Å²) in [5.41, 5.74) is 9.74. The Kier molecular flexibility index (Phi) is 3.71. The molecule has 0 amide bonds. The van der Waals surface area contributed by atoms with E-state index < -0.39 is 0 Å². The van der Waals surface area contributed by atoms with Gasteiger partial charge in [0, 0.05) is 17.1 Å². The van der Waals surface area contributed by atoms with Crippen molar-refractivity contribution in [1.29, 1.82) is 0 Å². The summed E-state index contributed by atoms with van der Waals surface area (Å²) in [6.45, 7) is 0. The van der Waals surface area contributed by atoms with E-state index in [1.165, 1.54) is 0 Å². The fraction of sp³-hybridized carbons (Fsp3) is 0. The van der Waals surface area contributed by atoms with Gasteiger partial charge in [-0.25, -0.2) is 0 Å². The van der Waals surface area contributed by atoms with Gasteiger partial charge in [0.05, 0.1) is 11.2 Å². The van der Waals surface area contributed by atoms with Crippen molar-refractivity contribution in [2.45, 2.75) is 0 Å². The highest BCUT2D eigenvalue weighted by molar-refractivity contribution is 5.97. The van der Waals surface area contributed by atoms with E-state index in [1.807, 2.05) is 48.5 Å². The lowest BCUT2D eigenvalue weighted by atomic mass is 10.0. The van der Waals surface area contributed by atoms with Crippen molar-refractivity contribution in [3.63, 3.8) is 0 Å². The third-order valence-corrected chi connectivity index (χ3v) is 4.05. The van der Waals surface area contributed by atoms with Gasteiger partial charge in [-0.3, -0.25) is 4.98 Å². The number of nitrogens with zero attached hydrogens (tertiary/aromatic N) is 1. The summed E-state index contributed by atoms with van der Waals surface area (Å²) in [5.74, 6) is 1.59. The van der Waals surface area contributed by atoms with Gasteiger partial charge in [-0.15, -0.1) is 0 Å². The van der Waals surface area contributed by atoms with Crippen molar-refractivity contribution in [2.24, 2.45) is 0 Å². The molecule has 0 aliphatic carbocycles. The minimum Gasteiger partial charge on any atom is -0.508 e. The van der Waals surface area contributed by atoms with Gasteiger partial charge in [0.15, 0.2) is 0 Å². The molecule has 4 heteroatoms. The molecule has 0 spiro atoms. The van der Waals surface area contributed by atoms with Crippen LogP contribution in [0.5, 0.6) is 17.2 Å². The number of aromatic nitrogens is 1. The molecule has 3 N–H and O–H groups in total. The molecule has 1 aromatic heterocycles. The normalized spacial score (nSPS) is 10.7. The van der Waals surface area contributed by atoms with E-state index in [1.54, 1.807) is 30.5 Å². The third kappa shape index (κ3) is 2.97. The number of ether oxygens (including phenoxy) is 1. The lowest BCUT2D eigenvalue weighted by Gasteiger charge is -2.10. The zero-order chi connectivity index (χ0) is 17.2. The highest BCUT2D eigenvalue weighted by Gasteiger charge is 2.08. The maximum absolute atomic E-state index is 9.31. The fourth-order valence-corrected chi connectivity index (χ4v) is 2.77. The quantitative estimate of drug-likeness (QED) is 0.520. The highest BCUT2D eigenvalue weighted by Crippen LogP contribution is 2.33. The standard InChI is InChI=1S/C21H16N2O2/c22-20-19(12-5-15-2-1-13-23-21(15)20)14-3-8-17(9-4-14)25-18-10-6-16(24)7-11-18/h1-13,24H,22H2. The molecule has 122 valence electrons. The van der Waals surface area contributed by atoms with E-state index in [2.05, 4.69) is 4.98 Å². The van der Waals surface area contributed by atoms with Crippen molar-refractivity contribution < 1.29 is 9.84 Å². The highest BCUT2D eigenvalue weighted by atomic mass is 16.5. The van der Waals surface area contributed by atoms with Crippen LogP contribution in [0.4, 0.5) is 5.69 Å². The molecule has 4 aromatic rings. The average Bonchev–Trinajstić information content (AvgIpc) is 2.65. The molecule has 0 saturated carbocycles. The number of rotatable bonds is 3. The molecule has 4 rings (SSSR count). The molecule has 0 fully saturated rings. The van der Waals surface area contributed by atoms with Crippen molar-refractivity contribution in [3.8, 4) is 28.4 Å². The summed E-state index contributed by atoms with van der Waals surface area (Å²) in [6.07, 6.45) is 1.75. The summed E-state index contributed by atoms with van der Waals surface area (Å²) in [5, 5.41) is 10.3. The van der Waals surface area contributed by atoms with Crippen LogP contribution in [0.1, 0.15) is 0 Å². The molecule has 4 nitrogen and oxygen atoms in total. The van der Waals surface area contributed by atoms with E-state index in [0.29, 0.717) is 17.2 Å². The monoisotopic (exact) mass is 328 g/mol. The van der Waals surface area contributed by atoms with Crippen LogP contribution in [0, 0.1) is 0 Å².